The first-order chi connectivity index (χ1) is 6.33. The van der Waals surface area contributed by atoms with Crippen LogP contribution >= 0.6 is 0 Å². The maximum Gasteiger partial charge on any atom is 0.000771 e. The molecule has 1 saturated carbocycles. The predicted octanol–water partition coefficient (Wildman–Crippen LogP) is 1.77. The highest BCUT2D eigenvalue weighted by Gasteiger charge is 2.39. The summed E-state index contributed by atoms with van der Waals surface area (Å²) in [7, 11) is 2.02. The highest BCUT2D eigenvalue weighted by Crippen LogP contribution is 2.47. The fourth-order valence-electron chi connectivity index (χ4n) is 1.74. The third kappa shape index (κ3) is 4.10. The standard InChI is InChI=1S/C11H24N2/c1-3-11(6-7-11)10-13-9-5-4-8-12-2/h12-13H,3-10H2,1-2H3. The SMILES string of the molecule is CCC1(CNCCCCNC)CC1. The molecule has 0 unspecified atom stereocenters. The van der Waals surface area contributed by atoms with Gasteiger partial charge in [-0.05, 0) is 57.7 Å². The molecular formula is C11H24N2. The van der Waals surface area contributed by atoms with Crippen LogP contribution in [0.1, 0.15) is 39.0 Å². The summed E-state index contributed by atoms with van der Waals surface area (Å²) in [5.41, 5.74) is 0.711. The Morgan fingerprint density at radius 2 is 1.85 bits per heavy atom. The van der Waals surface area contributed by atoms with Gasteiger partial charge in [0.15, 0.2) is 0 Å². The van der Waals surface area contributed by atoms with Crippen LogP contribution in [0.3, 0.4) is 0 Å². The van der Waals surface area contributed by atoms with Gasteiger partial charge in [0.05, 0.1) is 0 Å². The summed E-state index contributed by atoms with van der Waals surface area (Å²) in [4.78, 5) is 0. The summed E-state index contributed by atoms with van der Waals surface area (Å²) in [5.74, 6) is 0. The van der Waals surface area contributed by atoms with Crippen molar-refractivity contribution in [3.05, 3.63) is 0 Å². The zero-order valence-corrected chi connectivity index (χ0v) is 9.16. The second-order valence-electron chi connectivity index (χ2n) is 4.34. The molecule has 0 atom stereocenters. The number of hydrogen-bond acceptors (Lipinski definition) is 2. The van der Waals surface area contributed by atoms with E-state index in [1.165, 1.54) is 45.2 Å². The van der Waals surface area contributed by atoms with E-state index in [4.69, 9.17) is 0 Å². The van der Waals surface area contributed by atoms with Crippen molar-refractivity contribution in [2.75, 3.05) is 26.7 Å². The van der Waals surface area contributed by atoms with Crippen LogP contribution < -0.4 is 10.6 Å². The Morgan fingerprint density at radius 3 is 2.38 bits per heavy atom. The fourth-order valence-corrected chi connectivity index (χ4v) is 1.74. The van der Waals surface area contributed by atoms with Gasteiger partial charge in [-0.15, -0.1) is 0 Å². The second kappa shape index (κ2) is 5.61. The Kier molecular flexibility index (Phi) is 4.74. The first-order valence-corrected chi connectivity index (χ1v) is 5.68. The van der Waals surface area contributed by atoms with E-state index in [0.29, 0.717) is 5.41 Å². The molecule has 0 aromatic rings. The van der Waals surface area contributed by atoms with Gasteiger partial charge < -0.3 is 10.6 Å². The van der Waals surface area contributed by atoms with Gasteiger partial charge in [-0.2, -0.15) is 0 Å². The van der Waals surface area contributed by atoms with Crippen LogP contribution in [0.5, 0.6) is 0 Å². The lowest BCUT2D eigenvalue weighted by atomic mass is 10.0. The van der Waals surface area contributed by atoms with Crippen molar-refractivity contribution >= 4 is 0 Å². The first kappa shape index (κ1) is 11.0. The molecule has 2 N–H and O–H groups in total. The molecular weight excluding hydrogens is 160 g/mol. The van der Waals surface area contributed by atoms with E-state index in [1.54, 1.807) is 0 Å². The Bertz CT molecular complexity index is 130. The number of rotatable bonds is 8. The minimum absolute atomic E-state index is 0.711. The van der Waals surface area contributed by atoms with Crippen molar-refractivity contribution in [3.63, 3.8) is 0 Å². The number of hydrogen-bond donors (Lipinski definition) is 2. The van der Waals surface area contributed by atoms with Gasteiger partial charge in [0, 0.05) is 6.54 Å². The van der Waals surface area contributed by atoms with Crippen molar-refractivity contribution in [1.82, 2.24) is 10.6 Å². The normalized spacial score (nSPS) is 18.9. The number of unbranched alkanes of at least 4 members (excludes halogenated alkanes) is 1. The molecule has 13 heavy (non-hydrogen) atoms. The van der Waals surface area contributed by atoms with E-state index in [0.717, 1.165) is 6.54 Å². The molecule has 1 aliphatic carbocycles. The second-order valence-corrected chi connectivity index (χ2v) is 4.34. The topological polar surface area (TPSA) is 24.1 Å². The molecule has 1 rings (SSSR count). The van der Waals surface area contributed by atoms with Crippen molar-refractivity contribution in [2.45, 2.75) is 39.0 Å². The molecule has 0 radical (unpaired) electrons. The lowest BCUT2D eigenvalue weighted by Gasteiger charge is -2.12. The maximum absolute atomic E-state index is 3.57. The number of nitrogens with one attached hydrogen (secondary N) is 2. The van der Waals surface area contributed by atoms with Gasteiger partial charge in [0.1, 0.15) is 0 Å². The van der Waals surface area contributed by atoms with Crippen molar-refractivity contribution in [1.29, 1.82) is 0 Å². The van der Waals surface area contributed by atoms with Crippen LogP contribution in [0.15, 0.2) is 0 Å². The highest BCUT2D eigenvalue weighted by atomic mass is 14.9. The summed E-state index contributed by atoms with van der Waals surface area (Å²) in [5, 5.41) is 6.74. The lowest BCUT2D eigenvalue weighted by molar-refractivity contribution is 0.439. The summed E-state index contributed by atoms with van der Waals surface area (Å²) in [6.45, 7) is 5.92. The summed E-state index contributed by atoms with van der Waals surface area (Å²) in [6, 6.07) is 0. The third-order valence-electron chi connectivity index (χ3n) is 3.24. The van der Waals surface area contributed by atoms with Gasteiger partial charge >= 0.3 is 0 Å². The Hall–Kier alpha value is -0.0800. The quantitative estimate of drug-likeness (QED) is 0.562. The van der Waals surface area contributed by atoms with Crippen LogP contribution in [0.2, 0.25) is 0 Å². The van der Waals surface area contributed by atoms with E-state index < -0.39 is 0 Å². The van der Waals surface area contributed by atoms with Crippen LogP contribution in [0.25, 0.3) is 0 Å². The van der Waals surface area contributed by atoms with Crippen molar-refractivity contribution in [3.8, 4) is 0 Å². The van der Waals surface area contributed by atoms with Gasteiger partial charge in [-0.1, -0.05) is 6.92 Å². The molecule has 1 fully saturated rings. The molecule has 2 heteroatoms. The van der Waals surface area contributed by atoms with Gasteiger partial charge in [0.25, 0.3) is 0 Å². The van der Waals surface area contributed by atoms with Crippen LogP contribution in [0.4, 0.5) is 0 Å². The van der Waals surface area contributed by atoms with Crippen molar-refractivity contribution < 1.29 is 0 Å². The van der Waals surface area contributed by atoms with E-state index >= 15 is 0 Å². The van der Waals surface area contributed by atoms with E-state index in [9.17, 15) is 0 Å². The molecule has 0 saturated heterocycles. The van der Waals surface area contributed by atoms with Crippen molar-refractivity contribution in [2.24, 2.45) is 5.41 Å². The molecule has 0 aromatic heterocycles. The molecule has 0 amide bonds. The Morgan fingerprint density at radius 1 is 1.15 bits per heavy atom. The smallest absolute Gasteiger partial charge is 0.000771 e. The Balaban J connectivity index is 1.84. The Labute approximate surface area is 82.5 Å². The predicted molar refractivity (Wildman–Crippen MR) is 58.0 cm³/mol. The van der Waals surface area contributed by atoms with Gasteiger partial charge in [0.2, 0.25) is 0 Å². The minimum atomic E-state index is 0.711. The third-order valence-corrected chi connectivity index (χ3v) is 3.24. The maximum atomic E-state index is 3.57. The molecule has 0 aliphatic heterocycles. The van der Waals surface area contributed by atoms with Gasteiger partial charge in [-0.25, -0.2) is 0 Å². The minimum Gasteiger partial charge on any atom is -0.320 e. The molecule has 78 valence electrons. The highest BCUT2D eigenvalue weighted by molar-refractivity contribution is 4.93. The van der Waals surface area contributed by atoms with E-state index in [1.807, 2.05) is 7.05 Å². The van der Waals surface area contributed by atoms with Crippen LogP contribution in [-0.2, 0) is 0 Å². The zero-order valence-electron chi connectivity index (χ0n) is 9.16. The summed E-state index contributed by atoms with van der Waals surface area (Å²) >= 11 is 0. The monoisotopic (exact) mass is 184 g/mol. The van der Waals surface area contributed by atoms with Crippen LogP contribution in [-0.4, -0.2) is 26.7 Å². The first-order valence-electron chi connectivity index (χ1n) is 5.68. The molecule has 0 bridgehead atoms. The zero-order chi connectivity index (χ0) is 9.57. The average Bonchev–Trinajstić information content (AvgIpc) is 2.92. The van der Waals surface area contributed by atoms with Crippen LogP contribution in [0, 0.1) is 5.41 Å². The molecule has 1 aliphatic rings. The summed E-state index contributed by atoms with van der Waals surface area (Å²) < 4.78 is 0. The lowest BCUT2D eigenvalue weighted by Crippen LogP contribution is -2.25. The summed E-state index contributed by atoms with van der Waals surface area (Å²) in [6.07, 6.45) is 6.86. The molecule has 2 nitrogen and oxygen atoms in total. The fraction of sp³-hybridized carbons (Fsp3) is 1.00. The molecule has 0 aromatic carbocycles. The average molecular weight is 184 g/mol. The largest absolute Gasteiger partial charge is 0.320 e. The molecule has 0 spiro atoms. The van der Waals surface area contributed by atoms with E-state index in [-0.39, 0.29) is 0 Å². The molecule has 0 heterocycles. The van der Waals surface area contributed by atoms with E-state index in [2.05, 4.69) is 17.6 Å². The van der Waals surface area contributed by atoms with Gasteiger partial charge in [-0.3, -0.25) is 0 Å².